The van der Waals surface area contributed by atoms with E-state index in [0.29, 0.717) is 18.5 Å². The van der Waals surface area contributed by atoms with Crippen molar-refractivity contribution in [3.63, 3.8) is 0 Å². The molecular formula is C16H22FNO2. The van der Waals surface area contributed by atoms with Crippen molar-refractivity contribution in [2.75, 3.05) is 20.3 Å². The molecule has 0 radical (unpaired) electrons. The largest absolute Gasteiger partial charge is 0.395 e. The van der Waals surface area contributed by atoms with Gasteiger partial charge in [-0.15, -0.1) is 0 Å². The number of rotatable bonds is 5. The lowest BCUT2D eigenvalue weighted by atomic mass is 10.0. The molecule has 0 aliphatic carbocycles. The molecular weight excluding hydrogens is 257 g/mol. The maximum atomic E-state index is 13.6. The molecule has 0 heterocycles. The lowest BCUT2D eigenvalue weighted by Gasteiger charge is -2.33. The standard InChI is InChI=1S/C16H22FNO2/c1-16(2,12-20)18(3)11-14-8-13(6-4-5-7-19)9-15(17)10-14/h8-10,19-20H,5,7,11-12H2,1-3H3. The molecule has 0 saturated carbocycles. The lowest BCUT2D eigenvalue weighted by Crippen LogP contribution is -2.43. The highest BCUT2D eigenvalue weighted by Gasteiger charge is 2.22. The number of hydrogen-bond donors (Lipinski definition) is 2. The summed E-state index contributed by atoms with van der Waals surface area (Å²) in [4.78, 5) is 1.96. The van der Waals surface area contributed by atoms with Crippen molar-refractivity contribution in [2.24, 2.45) is 0 Å². The number of likely N-dealkylation sites (N-methyl/N-ethyl adjacent to an activating group) is 1. The summed E-state index contributed by atoms with van der Waals surface area (Å²) >= 11 is 0. The predicted octanol–water partition coefficient (Wildman–Crippen LogP) is 1.76. The highest BCUT2D eigenvalue weighted by molar-refractivity contribution is 5.37. The quantitative estimate of drug-likeness (QED) is 0.807. The third-order valence-corrected chi connectivity index (χ3v) is 3.27. The van der Waals surface area contributed by atoms with E-state index < -0.39 is 0 Å². The molecule has 0 fully saturated rings. The van der Waals surface area contributed by atoms with E-state index in [2.05, 4.69) is 11.8 Å². The normalized spacial score (nSPS) is 11.3. The van der Waals surface area contributed by atoms with E-state index in [0.717, 1.165) is 5.56 Å². The Morgan fingerprint density at radius 2 is 1.95 bits per heavy atom. The minimum absolute atomic E-state index is 0.00258. The number of aliphatic hydroxyl groups excluding tert-OH is 2. The van der Waals surface area contributed by atoms with Gasteiger partial charge in [-0.25, -0.2) is 4.39 Å². The predicted molar refractivity (Wildman–Crippen MR) is 77.6 cm³/mol. The van der Waals surface area contributed by atoms with Crippen molar-refractivity contribution < 1.29 is 14.6 Å². The first-order valence-electron chi connectivity index (χ1n) is 6.60. The zero-order valence-corrected chi connectivity index (χ0v) is 12.3. The van der Waals surface area contributed by atoms with Crippen LogP contribution in [-0.2, 0) is 6.54 Å². The van der Waals surface area contributed by atoms with E-state index >= 15 is 0 Å². The Labute approximate surface area is 120 Å². The molecule has 0 amide bonds. The van der Waals surface area contributed by atoms with Crippen LogP contribution in [0.5, 0.6) is 0 Å². The first kappa shape index (κ1) is 16.6. The molecule has 0 spiro atoms. The van der Waals surface area contributed by atoms with E-state index in [1.807, 2.05) is 31.9 Å². The Kier molecular flexibility index (Phi) is 6.15. The molecule has 2 N–H and O–H groups in total. The summed E-state index contributed by atoms with van der Waals surface area (Å²) < 4.78 is 13.6. The van der Waals surface area contributed by atoms with Crippen LogP contribution < -0.4 is 0 Å². The van der Waals surface area contributed by atoms with E-state index in [9.17, 15) is 9.50 Å². The molecule has 0 aliphatic heterocycles. The maximum Gasteiger partial charge on any atom is 0.124 e. The summed E-state index contributed by atoms with van der Waals surface area (Å²) in [6.07, 6.45) is 0.378. The van der Waals surface area contributed by atoms with Crippen molar-refractivity contribution in [2.45, 2.75) is 32.4 Å². The summed E-state index contributed by atoms with van der Waals surface area (Å²) in [7, 11) is 1.89. The van der Waals surface area contributed by atoms with Crippen LogP contribution in [0.1, 0.15) is 31.4 Å². The third-order valence-electron chi connectivity index (χ3n) is 3.27. The van der Waals surface area contributed by atoms with Gasteiger partial charge in [0.1, 0.15) is 5.82 Å². The molecule has 110 valence electrons. The van der Waals surface area contributed by atoms with Crippen molar-refractivity contribution >= 4 is 0 Å². The summed E-state index contributed by atoms with van der Waals surface area (Å²) in [5.41, 5.74) is 1.04. The average molecular weight is 279 g/mol. The number of aliphatic hydroxyl groups is 2. The van der Waals surface area contributed by atoms with E-state index in [-0.39, 0.29) is 24.6 Å². The van der Waals surface area contributed by atoms with Crippen LogP contribution in [0.2, 0.25) is 0 Å². The van der Waals surface area contributed by atoms with Gasteiger partial charge in [-0.1, -0.05) is 11.8 Å². The van der Waals surface area contributed by atoms with Gasteiger partial charge < -0.3 is 10.2 Å². The minimum atomic E-state index is -0.366. The summed E-state index contributed by atoms with van der Waals surface area (Å²) in [5.74, 6) is 5.29. The zero-order valence-electron chi connectivity index (χ0n) is 12.3. The van der Waals surface area contributed by atoms with Crippen molar-refractivity contribution in [3.8, 4) is 11.8 Å². The number of benzene rings is 1. The summed E-state index contributed by atoms with van der Waals surface area (Å²) in [6.45, 7) is 4.41. The third kappa shape index (κ3) is 4.93. The first-order valence-corrected chi connectivity index (χ1v) is 6.60. The van der Waals surface area contributed by atoms with Crippen LogP contribution in [0.4, 0.5) is 4.39 Å². The number of hydrogen-bond acceptors (Lipinski definition) is 3. The van der Waals surface area contributed by atoms with Gasteiger partial charge in [0.2, 0.25) is 0 Å². The van der Waals surface area contributed by atoms with Gasteiger partial charge in [-0.05, 0) is 44.7 Å². The van der Waals surface area contributed by atoms with Gasteiger partial charge in [0, 0.05) is 24.1 Å². The van der Waals surface area contributed by atoms with Crippen LogP contribution in [0.3, 0.4) is 0 Å². The first-order chi connectivity index (χ1) is 9.39. The Hall–Kier alpha value is -1.41. The molecule has 0 aliphatic rings. The topological polar surface area (TPSA) is 43.7 Å². The Morgan fingerprint density at radius 1 is 1.25 bits per heavy atom. The van der Waals surface area contributed by atoms with Crippen LogP contribution in [0.25, 0.3) is 0 Å². The van der Waals surface area contributed by atoms with Gasteiger partial charge in [-0.3, -0.25) is 4.90 Å². The molecule has 0 bridgehead atoms. The van der Waals surface area contributed by atoms with E-state index in [1.54, 1.807) is 0 Å². The highest BCUT2D eigenvalue weighted by atomic mass is 19.1. The Bertz CT molecular complexity index is 503. The molecule has 1 rings (SSSR count). The SMILES string of the molecule is CN(Cc1cc(F)cc(C#CCCO)c1)C(C)(C)CO. The summed E-state index contributed by atoms with van der Waals surface area (Å²) in [6, 6.07) is 4.68. The fourth-order valence-corrected chi connectivity index (χ4v) is 1.64. The molecule has 0 saturated heterocycles. The minimum Gasteiger partial charge on any atom is -0.395 e. The van der Waals surface area contributed by atoms with Gasteiger partial charge in [0.25, 0.3) is 0 Å². The Balaban J connectivity index is 2.89. The number of nitrogens with zero attached hydrogens (tertiary/aromatic N) is 1. The van der Waals surface area contributed by atoms with Crippen molar-refractivity contribution in [3.05, 3.63) is 35.1 Å². The molecule has 1 aromatic rings. The fraction of sp³-hybridized carbons (Fsp3) is 0.500. The molecule has 0 atom stereocenters. The zero-order chi connectivity index (χ0) is 15.2. The molecule has 4 heteroatoms. The van der Waals surface area contributed by atoms with Crippen LogP contribution in [0, 0.1) is 17.7 Å². The molecule has 0 unspecified atom stereocenters. The van der Waals surface area contributed by atoms with Crippen molar-refractivity contribution in [1.29, 1.82) is 0 Å². The number of halogens is 1. The maximum absolute atomic E-state index is 13.6. The smallest absolute Gasteiger partial charge is 0.124 e. The fourth-order valence-electron chi connectivity index (χ4n) is 1.64. The molecule has 20 heavy (non-hydrogen) atoms. The van der Waals surface area contributed by atoms with Gasteiger partial charge in [0.15, 0.2) is 0 Å². The summed E-state index contributed by atoms with van der Waals surface area (Å²) in [5, 5.41) is 18.0. The van der Waals surface area contributed by atoms with E-state index in [1.165, 1.54) is 12.1 Å². The van der Waals surface area contributed by atoms with Gasteiger partial charge in [0.05, 0.1) is 13.2 Å². The second-order valence-electron chi connectivity index (χ2n) is 5.45. The molecule has 0 aromatic heterocycles. The highest BCUT2D eigenvalue weighted by Crippen LogP contribution is 2.17. The van der Waals surface area contributed by atoms with Gasteiger partial charge >= 0.3 is 0 Å². The van der Waals surface area contributed by atoms with Crippen molar-refractivity contribution in [1.82, 2.24) is 4.90 Å². The molecule has 3 nitrogen and oxygen atoms in total. The van der Waals surface area contributed by atoms with Crippen LogP contribution in [0.15, 0.2) is 18.2 Å². The Morgan fingerprint density at radius 3 is 2.55 bits per heavy atom. The second kappa shape index (κ2) is 7.39. The van der Waals surface area contributed by atoms with Gasteiger partial charge in [-0.2, -0.15) is 0 Å². The van der Waals surface area contributed by atoms with Crippen LogP contribution in [-0.4, -0.2) is 40.9 Å². The van der Waals surface area contributed by atoms with E-state index in [4.69, 9.17) is 5.11 Å². The monoisotopic (exact) mass is 279 g/mol. The van der Waals surface area contributed by atoms with Crippen LogP contribution >= 0.6 is 0 Å². The lowest BCUT2D eigenvalue weighted by molar-refractivity contribution is 0.0733. The second-order valence-corrected chi connectivity index (χ2v) is 5.45. The average Bonchev–Trinajstić information content (AvgIpc) is 2.38. The molecule has 1 aromatic carbocycles.